The lowest BCUT2D eigenvalue weighted by Crippen LogP contribution is -2.43. The van der Waals surface area contributed by atoms with Crippen LogP contribution < -0.4 is 9.62 Å². The summed E-state index contributed by atoms with van der Waals surface area (Å²) >= 11 is 0. The van der Waals surface area contributed by atoms with Gasteiger partial charge < -0.3 is 5.32 Å². The molecule has 3 aromatic rings. The fourth-order valence-electron chi connectivity index (χ4n) is 4.46. The Kier molecular flexibility index (Phi) is 6.84. The fourth-order valence-corrected chi connectivity index (χ4v) is 5.92. The van der Waals surface area contributed by atoms with Crippen LogP contribution in [0.5, 0.6) is 0 Å². The molecule has 3 aromatic carbocycles. The number of benzene rings is 3. The number of para-hydroxylation sites is 1. The Labute approximate surface area is 196 Å². The van der Waals surface area contributed by atoms with Crippen molar-refractivity contribution >= 4 is 21.6 Å². The van der Waals surface area contributed by atoms with E-state index in [0.29, 0.717) is 12.1 Å². The molecule has 0 unspecified atom stereocenters. The maximum absolute atomic E-state index is 13.7. The summed E-state index contributed by atoms with van der Waals surface area (Å²) < 4.78 is 28.6. The molecule has 0 bridgehead atoms. The minimum Gasteiger partial charge on any atom is -0.348 e. The first-order chi connectivity index (χ1) is 15.9. The molecule has 1 N–H and O–H groups in total. The molecule has 0 fully saturated rings. The number of nitrogens with zero attached hydrogens (tertiary/aromatic N) is 1. The van der Waals surface area contributed by atoms with E-state index in [1.54, 1.807) is 36.4 Å². The van der Waals surface area contributed by atoms with Gasteiger partial charge in [0.05, 0.1) is 16.6 Å². The highest BCUT2D eigenvalue weighted by atomic mass is 32.2. The highest BCUT2D eigenvalue weighted by molar-refractivity contribution is 7.92. The number of carbonyl (C=O) groups is 1. The summed E-state index contributed by atoms with van der Waals surface area (Å²) in [7, 11) is -3.93. The highest BCUT2D eigenvalue weighted by Crippen LogP contribution is 2.31. The smallest absolute Gasteiger partial charge is 0.264 e. The highest BCUT2D eigenvalue weighted by Gasteiger charge is 2.30. The van der Waals surface area contributed by atoms with Crippen molar-refractivity contribution in [1.29, 1.82) is 0 Å². The normalized spacial score (nSPS) is 15.5. The lowest BCUT2D eigenvalue weighted by molar-refractivity contribution is -0.120. The van der Waals surface area contributed by atoms with E-state index < -0.39 is 10.0 Å². The number of anilines is 1. The number of carbonyl (C=O) groups excluding carboxylic acids is 1. The zero-order valence-corrected chi connectivity index (χ0v) is 19.9. The molecule has 0 aliphatic heterocycles. The third kappa shape index (κ3) is 4.96. The Bertz CT molecular complexity index is 1240. The molecular weight excluding hydrogens is 432 g/mol. The second-order valence-corrected chi connectivity index (χ2v) is 10.4. The number of hydrogen-bond donors (Lipinski definition) is 1. The van der Waals surface area contributed by atoms with Gasteiger partial charge in [-0.25, -0.2) is 8.42 Å². The van der Waals surface area contributed by atoms with Gasteiger partial charge >= 0.3 is 0 Å². The number of sulfonamides is 1. The van der Waals surface area contributed by atoms with Crippen LogP contribution in [0.3, 0.4) is 0 Å². The molecule has 0 heterocycles. The first-order valence-corrected chi connectivity index (χ1v) is 12.9. The van der Waals surface area contributed by atoms with Crippen LogP contribution in [0, 0.1) is 6.92 Å². The minimum atomic E-state index is -3.93. The van der Waals surface area contributed by atoms with Gasteiger partial charge in [0.1, 0.15) is 6.54 Å². The van der Waals surface area contributed by atoms with E-state index >= 15 is 0 Å². The van der Waals surface area contributed by atoms with Crippen molar-refractivity contribution in [3.05, 3.63) is 95.1 Å². The predicted molar refractivity (Wildman–Crippen MR) is 132 cm³/mol. The number of fused-ring (bicyclic) bond motifs is 1. The van der Waals surface area contributed by atoms with Crippen LogP contribution in [0.2, 0.25) is 0 Å². The predicted octanol–water partition coefficient (Wildman–Crippen LogP) is 4.95. The largest absolute Gasteiger partial charge is 0.348 e. The minimum absolute atomic E-state index is 0.104. The molecule has 4 rings (SSSR count). The molecule has 0 spiro atoms. The fraction of sp³-hybridized carbons (Fsp3) is 0.296. The van der Waals surface area contributed by atoms with Crippen LogP contribution in [0.25, 0.3) is 0 Å². The molecule has 0 saturated heterocycles. The monoisotopic (exact) mass is 462 g/mol. The van der Waals surface area contributed by atoms with E-state index in [1.807, 2.05) is 44.2 Å². The van der Waals surface area contributed by atoms with Gasteiger partial charge in [-0.2, -0.15) is 0 Å². The molecule has 0 radical (unpaired) electrons. The SMILES string of the molecule is CCc1ccccc1N(CC(=O)N[C@H]1CCCc2ccccc21)S(=O)(=O)c1ccc(C)cc1. The zero-order chi connectivity index (χ0) is 23.4. The van der Waals surface area contributed by atoms with Crippen molar-refractivity contribution < 1.29 is 13.2 Å². The summed E-state index contributed by atoms with van der Waals surface area (Å²) in [5, 5.41) is 3.10. The molecule has 1 aliphatic carbocycles. The summed E-state index contributed by atoms with van der Waals surface area (Å²) in [6.07, 6.45) is 3.50. The lowest BCUT2D eigenvalue weighted by atomic mass is 9.88. The van der Waals surface area contributed by atoms with E-state index in [0.717, 1.165) is 36.0 Å². The van der Waals surface area contributed by atoms with Gasteiger partial charge in [0, 0.05) is 0 Å². The molecule has 1 aliphatic rings. The molecular formula is C27H30N2O3S. The molecule has 0 aromatic heterocycles. The number of hydrogen-bond acceptors (Lipinski definition) is 3. The van der Waals surface area contributed by atoms with Gasteiger partial charge in [0.25, 0.3) is 10.0 Å². The number of nitrogens with one attached hydrogen (secondary N) is 1. The summed E-state index contributed by atoms with van der Waals surface area (Å²) in [5.74, 6) is -0.307. The van der Waals surface area contributed by atoms with Crippen molar-refractivity contribution in [3.63, 3.8) is 0 Å². The summed E-state index contributed by atoms with van der Waals surface area (Å²) in [6, 6.07) is 22.2. The van der Waals surface area contributed by atoms with Gasteiger partial charge in [0.15, 0.2) is 0 Å². The third-order valence-electron chi connectivity index (χ3n) is 6.24. The molecule has 5 nitrogen and oxygen atoms in total. The number of rotatable bonds is 7. The van der Waals surface area contributed by atoms with E-state index in [1.165, 1.54) is 9.87 Å². The van der Waals surface area contributed by atoms with Crippen LogP contribution >= 0.6 is 0 Å². The average molecular weight is 463 g/mol. The first kappa shape index (κ1) is 23.1. The van der Waals surface area contributed by atoms with Gasteiger partial charge in [-0.1, -0.05) is 67.1 Å². The molecule has 1 atom stereocenters. The molecule has 6 heteroatoms. The van der Waals surface area contributed by atoms with Crippen LogP contribution in [-0.4, -0.2) is 20.9 Å². The lowest BCUT2D eigenvalue weighted by Gasteiger charge is -2.29. The van der Waals surface area contributed by atoms with Crippen molar-refractivity contribution in [3.8, 4) is 0 Å². The second kappa shape index (κ2) is 9.79. The first-order valence-electron chi connectivity index (χ1n) is 11.4. The van der Waals surface area contributed by atoms with Crippen molar-refractivity contribution in [2.75, 3.05) is 10.8 Å². The van der Waals surface area contributed by atoms with E-state index in [-0.39, 0.29) is 23.4 Å². The Morgan fingerprint density at radius 1 is 1.00 bits per heavy atom. The quantitative estimate of drug-likeness (QED) is 0.540. The van der Waals surface area contributed by atoms with Crippen molar-refractivity contribution in [2.45, 2.75) is 50.5 Å². The Morgan fingerprint density at radius 3 is 2.45 bits per heavy atom. The summed E-state index contributed by atoms with van der Waals surface area (Å²) in [6.45, 7) is 3.62. The number of aryl methyl sites for hydroxylation is 3. The van der Waals surface area contributed by atoms with Crippen molar-refractivity contribution in [1.82, 2.24) is 5.32 Å². The molecule has 0 saturated carbocycles. The average Bonchev–Trinajstić information content (AvgIpc) is 2.83. The van der Waals surface area contributed by atoms with E-state index in [4.69, 9.17) is 0 Å². The topological polar surface area (TPSA) is 66.5 Å². The van der Waals surface area contributed by atoms with Gasteiger partial charge in [-0.3, -0.25) is 9.10 Å². The van der Waals surface area contributed by atoms with E-state index in [9.17, 15) is 13.2 Å². The summed E-state index contributed by atoms with van der Waals surface area (Å²) in [4.78, 5) is 13.4. The Morgan fingerprint density at radius 2 is 1.70 bits per heavy atom. The van der Waals surface area contributed by atoms with Crippen LogP contribution in [0.15, 0.2) is 77.7 Å². The maximum atomic E-state index is 13.7. The Hall–Kier alpha value is -3.12. The second-order valence-electron chi connectivity index (χ2n) is 8.52. The summed E-state index contributed by atoms with van der Waals surface area (Å²) in [5.41, 5.74) is 4.76. The Balaban J connectivity index is 1.66. The molecule has 1 amide bonds. The van der Waals surface area contributed by atoms with Crippen LogP contribution in [0.4, 0.5) is 5.69 Å². The number of amides is 1. The van der Waals surface area contributed by atoms with Crippen LogP contribution in [-0.2, 0) is 27.7 Å². The third-order valence-corrected chi connectivity index (χ3v) is 8.02. The van der Waals surface area contributed by atoms with Gasteiger partial charge in [0.2, 0.25) is 5.91 Å². The van der Waals surface area contributed by atoms with Gasteiger partial charge in [-0.05, 0) is 67.5 Å². The standard InChI is InChI=1S/C27H30N2O3S/c1-3-21-9-5-7-14-26(21)29(33(31,32)23-17-15-20(2)16-18-23)19-27(30)28-25-13-8-11-22-10-4-6-12-24(22)25/h4-7,9-10,12,14-18,25H,3,8,11,13,19H2,1-2H3,(H,28,30)/t25-/m0/s1. The molecule has 172 valence electrons. The van der Waals surface area contributed by atoms with E-state index in [2.05, 4.69) is 11.4 Å². The molecule has 33 heavy (non-hydrogen) atoms. The maximum Gasteiger partial charge on any atom is 0.264 e. The van der Waals surface area contributed by atoms with Gasteiger partial charge in [-0.15, -0.1) is 0 Å². The van der Waals surface area contributed by atoms with Crippen LogP contribution in [0.1, 0.15) is 48.1 Å². The van der Waals surface area contributed by atoms with Crippen molar-refractivity contribution in [2.24, 2.45) is 0 Å². The zero-order valence-electron chi connectivity index (χ0n) is 19.1.